The summed E-state index contributed by atoms with van der Waals surface area (Å²) in [4.78, 5) is 24.0. The van der Waals surface area contributed by atoms with E-state index < -0.39 is 18.5 Å². The highest BCUT2D eigenvalue weighted by atomic mass is 16.5. The highest BCUT2D eigenvalue weighted by Crippen LogP contribution is 2.24. The predicted molar refractivity (Wildman–Crippen MR) is 97.3 cm³/mol. The number of hydrogen-bond donors (Lipinski definition) is 2. The molecule has 138 valence electrons. The number of rotatable bonds is 7. The molecular weight excluding hydrogens is 334 g/mol. The van der Waals surface area contributed by atoms with Gasteiger partial charge in [0.1, 0.15) is 17.1 Å². The molecular formula is C20H23NO5. The smallest absolute Gasteiger partial charge is 0.342 e. The van der Waals surface area contributed by atoms with Crippen molar-refractivity contribution in [3.8, 4) is 11.5 Å². The Hall–Kier alpha value is -3.02. The molecule has 1 atom stereocenters. The Kier molecular flexibility index (Phi) is 6.60. The second-order valence-electron chi connectivity index (χ2n) is 5.84. The normalized spacial score (nSPS) is 11.5. The van der Waals surface area contributed by atoms with Crippen molar-refractivity contribution in [3.05, 3.63) is 59.2 Å². The molecule has 26 heavy (non-hydrogen) atoms. The Balaban J connectivity index is 1.88. The first-order valence-corrected chi connectivity index (χ1v) is 8.37. The van der Waals surface area contributed by atoms with Gasteiger partial charge in [0, 0.05) is 6.07 Å². The van der Waals surface area contributed by atoms with Gasteiger partial charge in [0.15, 0.2) is 6.61 Å². The summed E-state index contributed by atoms with van der Waals surface area (Å²) in [6.45, 7) is 3.51. The van der Waals surface area contributed by atoms with Crippen molar-refractivity contribution in [2.75, 3.05) is 13.7 Å². The minimum Gasteiger partial charge on any atom is -0.507 e. The van der Waals surface area contributed by atoms with Crippen LogP contribution in [0.1, 0.15) is 41.4 Å². The lowest BCUT2D eigenvalue weighted by Crippen LogP contribution is -2.31. The Labute approximate surface area is 152 Å². The van der Waals surface area contributed by atoms with Gasteiger partial charge in [0.05, 0.1) is 13.2 Å². The Morgan fingerprint density at radius 2 is 1.85 bits per heavy atom. The Morgan fingerprint density at radius 1 is 1.15 bits per heavy atom. The number of amides is 1. The van der Waals surface area contributed by atoms with E-state index >= 15 is 0 Å². The van der Waals surface area contributed by atoms with Crippen molar-refractivity contribution in [2.45, 2.75) is 26.3 Å². The summed E-state index contributed by atoms with van der Waals surface area (Å²) in [5, 5.41) is 12.6. The van der Waals surface area contributed by atoms with E-state index in [1.165, 1.54) is 30.9 Å². The predicted octanol–water partition coefficient (Wildman–Crippen LogP) is 3.00. The van der Waals surface area contributed by atoms with E-state index in [0.29, 0.717) is 5.75 Å². The average molecular weight is 357 g/mol. The quantitative estimate of drug-likeness (QED) is 0.744. The first-order valence-electron chi connectivity index (χ1n) is 8.37. The van der Waals surface area contributed by atoms with Gasteiger partial charge in [-0.25, -0.2) is 4.79 Å². The van der Waals surface area contributed by atoms with Gasteiger partial charge in [-0.05, 0) is 36.6 Å². The SMILES string of the molecule is CCc1ccc([C@H](C)NC(=O)COC(=O)c2ccc(OC)cc2O)cc1. The highest BCUT2D eigenvalue weighted by molar-refractivity contribution is 5.94. The third kappa shape index (κ3) is 4.99. The molecule has 0 aliphatic rings. The van der Waals surface area contributed by atoms with Crippen molar-refractivity contribution >= 4 is 11.9 Å². The second-order valence-corrected chi connectivity index (χ2v) is 5.84. The molecule has 0 fully saturated rings. The van der Waals surface area contributed by atoms with Crippen molar-refractivity contribution in [2.24, 2.45) is 0 Å². The number of phenols is 1. The average Bonchev–Trinajstić information content (AvgIpc) is 2.65. The van der Waals surface area contributed by atoms with Gasteiger partial charge < -0.3 is 19.9 Å². The van der Waals surface area contributed by atoms with Crippen LogP contribution in [0.3, 0.4) is 0 Å². The fourth-order valence-corrected chi connectivity index (χ4v) is 2.43. The molecule has 2 aromatic carbocycles. The third-order valence-electron chi connectivity index (χ3n) is 4.02. The zero-order chi connectivity index (χ0) is 19.1. The van der Waals surface area contributed by atoms with E-state index in [4.69, 9.17) is 9.47 Å². The number of hydrogen-bond acceptors (Lipinski definition) is 5. The minimum atomic E-state index is -0.778. The van der Waals surface area contributed by atoms with Gasteiger partial charge in [-0.15, -0.1) is 0 Å². The molecule has 0 saturated heterocycles. The van der Waals surface area contributed by atoms with Crippen molar-refractivity contribution in [1.29, 1.82) is 0 Å². The molecule has 0 unspecified atom stereocenters. The molecule has 0 aliphatic heterocycles. The summed E-state index contributed by atoms with van der Waals surface area (Å²) in [5.74, 6) is -1.04. The highest BCUT2D eigenvalue weighted by Gasteiger charge is 2.16. The zero-order valence-electron chi connectivity index (χ0n) is 15.1. The van der Waals surface area contributed by atoms with Crippen LogP contribution in [0.4, 0.5) is 0 Å². The molecule has 2 rings (SSSR count). The fraction of sp³-hybridized carbons (Fsp3) is 0.300. The number of carbonyl (C=O) groups excluding carboxylic acids is 2. The monoisotopic (exact) mass is 357 g/mol. The molecule has 2 N–H and O–H groups in total. The van der Waals surface area contributed by atoms with Crippen LogP contribution in [-0.4, -0.2) is 30.7 Å². The number of phenolic OH excluding ortho intramolecular Hbond substituents is 1. The molecule has 0 aromatic heterocycles. The van der Waals surface area contributed by atoms with Gasteiger partial charge in [0.2, 0.25) is 0 Å². The van der Waals surface area contributed by atoms with Crippen LogP contribution in [-0.2, 0) is 16.0 Å². The Bertz CT molecular complexity index is 770. The van der Waals surface area contributed by atoms with Crippen LogP contribution in [0.5, 0.6) is 11.5 Å². The second kappa shape index (κ2) is 8.89. The van der Waals surface area contributed by atoms with Crippen LogP contribution < -0.4 is 10.1 Å². The Morgan fingerprint density at radius 3 is 2.42 bits per heavy atom. The molecule has 0 saturated carbocycles. The van der Waals surface area contributed by atoms with Gasteiger partial charge >= 0.3 is 5.97 Å². The van der Waals surface area contributed by atoms with Crippen LogP contribution in [0.25, 0.3) is 0 Å². The van der Waals surface area contributed by atoms with Crippen molar-refractivity contribution in [3.63, 3.8) is 0 Å². The molecule has 0 aliphatic carbocycles. The van der Waals surface area contributed by atoms with E-state index in [0.717, 1.165) is 12.0 Å². The van der Waals surface area contributed by atoms with Crippen LogP contribution in [0.2, 0.25) is 0 Å². The van der Waals surface area contributed by atoms with E-state index in [2.05, 4.69) is 12.2 Å². The largest absolute Gasteiger partial charge is 0.507 e. The first kappa shape index (κ1) is 19.3. The van der Waals surface area contributed by atoms with E-state index in [1.54, 1.807) is 0 Å². The number of ether oxygens (including phenoxy) is 2. The molecule has 6 heteroatoms. The summed E-state index contributed by atoms with van der Waals surface area (Å²) in [6.07, 6.45) is 0.954. The van der Waals surface area contributed by atoms with Crippen LogP contribution in [0, 0.1) is 0 Å². The summed E-state index contributed by atoms with van der Waals surface area (Å²) in [5.41, 5.74) is 2.16. The molecule has 0 bridgehead atoms. The van der Waals surface area contributed by atoms with Crippen molar-refractivity contribution in [1.82, 2.24) is 5.32 Å². The fourth-order valence-electron chi connectivity index (χ4n) is 2.43. The maximum atomic E-state index is 12.0. The van der Waals surface area contributed by atoms with Crippen molar-refractivity contribution < 1.29 is 24.2 Å². The minimum absolute atomic E-state index is 0.0261. The van der Waals surface area contributed by atoms with Crippen LogP contribution >= 0.6 is 0 Å². The number of methoxy groups -OCH3 is 1. The number of carbonyl (C=O) groups is 2. The molecule has 0 spiro atoms. The van der Waals surface area contributed by atoms with Gasteiger partial charge in [-0.2, -0.15) is 0 Å². The topological polar surface area (TPSA) is 84.9 Å². The summed E-state index contributed by atoms with van der Waals surface area (Å²) >= 11 is 0. The lowest BCUT2D eigenvalue weighted by atomic mass is 10.1. The summed E-state index contributed by atoms with van der Waals surface area (Å²) in [7, 11) is 1.45. The first-order chi connectivity index (χ1) is 12.4. The van der Waals surface area contributed by atoms with E-state index in [9.17, 15) is 14.7 Å². The molecule has 2 aromatic rings. The number of nitrogens with one attached hydrogen (secondary N) is 1. The van der Waals surface area contributed by atoms with Gasteiger partial charge in [-0.1, -0.05) is 31.2 Å². The molecule has 0 heterocycles. The lowest BCUT2D eigenvalue weighted by Gasteiger charge is -2.15. The van der Waals surface area contributed by atoms with E-state index in [1.807, 2.05) is 31.2 Å². The maximum Gasteiger partial charge on any atom is 0.342 e. The summed E-state index contributed by atoms with van der Waals surface area (Å²) < 4.78 is 9.92. The van der Waals surface area contributed by atoms with Gasteiger partial charge in [0.25, 0.3) is 5.91 Å². The number of benzene rings is 2. The number of esters is 1. The maximum absolute atomic E-state index is 12.0. The summed E-state index contributed by atoms with van der Waals surface area (Å²) in [6, 6.07) is 12.0. The number of aryl methyl sites for hydroxylation is 1. The molecule has 0 radical (unpaired) electrons. The van der Waals surface area contributed by atoms with Crippen LogP contribution in [0.15, 0.2) is 42.5 Å². The zero-order valence-corrected chi connectivity index (χ0v) is 15.1. The standard InChI is InChI=1S/C20H23NO5/c1-4-14-5-7-15(8-6-14)13(2)21-19(23)12-26-20(24)17-10-9-16(25-3)11-18(17)22/h5-11,13,22H,4,12H2,1-3H3,(H,21,23)/t13-/m0/s1. The molecule has 1 amide bonds. The van der Waals surface area contributed by atoms with Gasteiger partial charge in [-0.3, -0.25) is 4.79 Å². The van der Waals surface area contributed by atoms with E-state index in [-0.39, 0.29) is 17.4 Å². The molecule has 6 nitrogen and oxygen atoms in total. The lowest BCUT2D eigenvalue weighted by molar-refractivity contribution is -0.124. The third-order valence-corrected chi connectivity index (χ3v) is 4.02. The number of aromatic hydroxyl groups is 1.